The molecular weight excluding hydrogens is 400 g/mol. The lowest BCUT2D eigenvalue weighted by molar-refractivity contribution is -0.169. The van der Waals surface area contributed by atoms with Crippen LogP contribution in [0.15, 0.2) is 45.7 Å². The molecule has 1 aromatic carbocycles. The summed E-state index contributed by atoms with van der Waals surface area (Å²) in [4.78, 5) is 37.6. The lowest BCUT2D eigenvalue weighted by atomic mass is 9.82. The van der Waals surface area contributed by atoms with Gasteiger partial charge in [-0.2, -0.15) is 0 Å². The molecule has 0 aromatic heterocycles. The largest absolute Gasteiger partial charge is 0.469 e. The molecule has 0 bridgehead atoms. The molecule has 1 saturated carbocycles. The standard InChI is InChI=1S/C20H22O8S/c1-26-17(21)13-9-16(29(24,25)12-7-5-4-6-8-12)15-11-20(10-14(13)15,18(22)27-2)19(23)28-3/h4-8,13-14H,9-11H2,1-3H3/t13-,14+/m0/s1. The number of sulfone groups is 1. The Morgan fingerprint density at radius 1 is 0.966 bits per heavy atom. The van der Waals surface area contributed by atoms with Crippen LogP contribution in [0.5, 0.6) is 0 Å². The smallest absolute Gasteiger partial charge is 0.323 e. The van der Waals surface area contributed by atoms with Gasteiger partial charge in [-0.05, 0) is 42.9 Å². The van der Waals surface area contributed by atoms with Crippen LogP contribution in [0.4, 0.5) is 0 Å². The zero-order valence-corrected chi connectivity index (χ0v) is 17.2. The molecule has 2 aliphatic rings. The van der Waals surface area contributed by atoms with Crippen molar-refractivity contribution >= 4 is 27.7 Å². The van der Waals surface area contributed by atoms with E-state index in [-0.39, 0.29) is 29.1 Å². The van der Waals surface area contributed by atoms with Gasteiger partial charge in [0.15, 0.2) is 5.41 Å². The van der Waals surface area contributed by atoms with Crippen molar-refractivity contribution in [3.05, 3.63) is 40.8 Å². The Labute approximate surface area is 168 Å². The van der Waals surface area contributed by atoms with Crippen LogP contribution in [0, 0.1) is 17.3 Å². The second kappa shape index (κ2) is 7.62. The maximum absolute atomic E-state index is 13.3. The van der Waals surface area contributed by atoms with Gasteiger partial charge in [-0.25, -0.2) is 8.42 Å². The van der Waals surface area contributed by atoms with Crippen LogP contribution in [0.2, 0.25) is 0 Å². The molecule has 0 unspecified atom stereocenters. The van der Waals surface area contributed by atoms with Gasteiger partial charge >= 0.3 is 17.9 Å². The fraction of sp³-hybridized carbons (Fsp3) is 0.450. The molecule has 0 N–H and O–H groups in total. The zero-order valence-electron chi connectivity index (χ0n) is 16.3. The molecular formula is C20H22O8S. The molecule has 8 nitrogen and oxygen atoms in total. The maximum Gasteiger partial charge on any atom is 0.323 e. The molecule has 1 aromatic rings. The van der Waals surface area contributed by atoms with Gasteiger partial charge in [-0.3, -0.25) is 14.4 Å². The summed E-state index contributed by atoms with van der Waals surface area (Å²) in [6.45, 7) is 0. The predicted octanol–water partition coefficient (Wildman–Crippen LogP) is 1.65. The van der Waals surface area contributed by atoms with Crippen molar-refractivity contribution in [1.29, 1.82) is 0 Å². The van der Waals surface area contributed by atoms with E-state index in [2.05, 4.69) is 0 Å². The summed E-state index contributed by atoms with van der Waals surface area (Å²) in [5.41, 5.74) is -1.30. The van der Waals surface area contributed by atoms with Crippen molar-refractivity contribution in [2.45, 2.75) is 24.2 Å². The van der Waals surface area contributed by atoms with E-state index < -0.39 is 45.0 Å². The number of hydrogen-bond donors (Lipinski definition) is 0. The lowest BCUT2D eigenvalue weighted by Gasteiger charge is -2.24. The van der Waals surface area contributed by atoms with E-state index in [1.54, 1.807) is 18.2 Å². The van der Waals surface area contributed by atoms with Gasteiger partial charge in [0, 0.05) is 4.91 Å². The SMILES string of the molecule is COC(=O)[C@H]1CC(S(=O)(=O)c2ccccc2)=C2CC(C(=O)OC)(C(=O)OC)C[C@@H]21. The first kappa shape index (κ1) is 21.0. The highest BCUT2D eigenvalue weighted by Gasteiger charge is 2.61. The molecule has 0 radical (unpaired) electrons. The van der Waals surface area contributed by atoms with Gasteiger partial charge in [-0.15, -0.1) is 0 Å². The summed E-state index contributed by atoms with van der Waals surface area (Å²) in [6, 6.07) is 7.83. The molecule has 0 spiro atoms. The summed E-state index contributed by atoms with van der Waals surface area (Å²) >= 11 is 0. The maximum atomic E-state index is 13.3. The number of allylic oxidation sites excluding steroid dienone is 2. The van der Waals surface area contributed by atoms with Crippen molar-refractivity contribution in [2.75, 3.05) is 21.3 Å². The Kier molecular flexibility index (Phi) is 5.53. The third kappa shape index (κ3) is 3.23. The first-order valence-corrected chi connectivity index (χ1v) is 10.5. The van der Waals surface area contributed by atoms with Crippen LogP contribution in [0.1, 0.15) is 19.3 Å². The molecule has 2 aliphatic carbocycles. The molecule has 9 heteroatoms. The molecule has 156 valence electrons. The highest BCUT2D eigenvalue weighted by Crippen LogP contribution is 2.57. The summed E-state index contributed by atoms with van der Waals surface area (Å²) < 4.78 is 41.1. The molecule has 0 aliphatic heterocycles. The fourth-order valence-corrected chi connectivity index (χ4v) is 6.17. The van der Waals surface area contributed by atoms with E-state index in [1.165, 1.54) is 19.2 Å². The van der Waals surface area contributed by atoms with Crippen LogP contribution in [-0.4, -0.2) is 47.7 Å². The van der Waals surface area contributed by atoms with Crippen molar-refractivity contribution in [1.82, 2.24) is 0 Å². The second-order valence-corrected chi connectivity index (χ2v) is 9.12. The Morgan fingerprint density at radius 3 is 2.07 bits per heavy atom. The molecule has 0 amide bonds. The Balaban J connectivity index is 2.17. The van der Waals surface area contributed by atoms with E-state index in [9.17, 15) is 22.8 Å². The van der Waals surface area contributed by atoms with E-state index in [0.717, 1.165) is 14.2 Å². The minimum absolute atomic E-state index is 0.0394. The van der Waals surface area contributed by atoms with Crippen LogP contribution >= 0.6 is 0 Å². The van der Waals surface area contributed by atoms with Gasteiger partial charge in [-0.1, -0.05) is 18.2 Å². The number of esters is 3. The molecule has 0 saturated heterocycles. The highest BCUT2D eigenvalue weighted by molar-refractivity contribution is 7.95. The van der Waals surface area contributed by atoms with Gasteiger partial charge < -0.3 is 14.2 Å². The number of ether oxygens (including phenoxy) is 3. The average Bonchev–Trinajstić information content (AvgIpc) is 3.29. The summed E-state index contributed by atoms with van der Waals surface area (Å²) in [5.74, 6) is -3.65. The zero-order chi connectivity index (χ0) is 21.4. The minimum atomic E-state index is -3.91. The Hall–Kier alpha value is -2.68. The lowest BCUT2D eigenvalue weighted by Crippen LogP contribution is -2.40. The summed E-state index contributed by atoms with van der Waals surface area (Å²) in [6.07, 6.45) is -0.288. The molecule has 0 heterocycles. The summed E-state index contributed by atoms with van der Waals surface area (Å²) in [7, 11) is -0.403. The van der Waals surface area contributed by atoms with Crippen LogP contribution in [-0.2, 0) is 38.4 Å². The number of carbonyl (C=O) groups is 3. The van der Waals surface area contributed by atoms with Gasteiger partial charge in [0.25, 0.3) is 0 Å². The van der Waals surface area contributed by atoms with E-state index >= 15 is 0 Å². The van der Waals surface area contributed by atoms with Crippen molar-refractivity contribution in [3.8, 4) is 0 Å². The topological polar surface area (TPSA) is 113 Å². The van der Waals surface area contributed by atoms with Crippen LogP contribution < -0.4 is 0 Å². The molecule has 2 atom stereocenters. The quantitative estimate of drug-likeness (QED) is 0.400. The second-order valence-electron chi connectivity index (χ2n) is 7.15. The third-order valence-corrected chi connectivity index (χ3v) is 7.76. The van der Waals surface area contributed by atoms with Crippen LogP contribution in [0.3, 0.4) is 0 Å². The average molecular weight is 422 g/mol. The Morgan fingerprint density at radius 2 is 1.55 bits per heavy atom. The van der Waals surface area contributed by atoms with E-state index in [0.29, 0.717) is 5.57 Å². The van der Waals surface area contributed by atoms with Gasteiger partial charge in [0.05, 0.1) is 32.1 Å². The number of fused-ring (bicyclic) bond motifs is 1. The number of methoxy groups -OCH3 is 3. The number of hydrogen-bond acceptors (Lipinski definition) is 8. The highest BCUT2D eigenvalue weighted by atomic mass is 32.2. The fourth-order valence-electron chi connectivity index (χ4n) is 4.40. The predicted molar refractivity (Wildman–Crippen MR) is 100.0 cm³/mol. The van der Waals surface area contributed by atoms with Crippen molar-refractivity contribution in [2.24, 2.45) is 17.3 Å². The first-order chi connectivity index (χ1) is 13.7. The van der Waals surface area contributed by atoms with Gasteiger partial charge in [0.2, 0.25) is 9.84 Å². The van der Waals surface area contributed by atoms with E-state index in [1.807, 2.05) is 0 Å². The number of rotatable bonds is 5. The number of benzene rings is 1. The molecule has 1 fully saturated rings. The minimum Gasteiger partial charge on any atom is -0.469 e. The third-order valence-electron chi connectivity index (χ3n) is 5.79. The Bertz CT molecular complexity index is 961. The van der Waals surface area contributed by atoms with Crippen molar-refractivity contribution < 1.29 is 37.0 Å². The van der Waals surface area contributed by atoms with E-state index in [4.69, 9.17) is 14.2 Å². The van der Waals surface area contributed by atoms with Crippen molar-refractivity contribution in [3.63, 3.8) is 0 Å². The first-order valence-electron chi connectivity index (χ1n) is 8.99. The molecule has 29 heavy (non-hydrogen) atoms. The number of carbonyl (C=O) groups excluding carboxylic acids is 3. The normalized spacial score (nSPS) is 22.7. The monoisotopic (exact) mass is 422 g/mol. The van der Waals surface area contributed by atoms with Gasteiger partial charge in [0.1, 0.15) is 0 Å². The van der Waals surface area contributed by atoms with Crippen LogP contribution in [0.25, 0.3) is 0 Å². The molecule has 3 rings (SSSR count). The summed E-state index contributed by atoms with van der Waals surface area (Å²) in [5, 5.41) is 0.